The van der Waals surface area contributed by atoms with Crippen molar-refractivity contribution in [1.82, 2.24) is 15.0 Å². The molecule has 0 aromatic carbocycles. The summed E-state index contributed by atoms with van der Waals surface area (Å²) in [6, 6.07) is 3.88. The van der Waals surface area contributed by atoms with Crippen LogP contribution in [0.1, 0.15) is 17.7 Å². The van der Waals surface area contributed by atoms with Gasteiger partial charge in [-0.05, 0) is 47.3 Å². The summed E-state index contributed by atoms with van der Waals surface area (Å²) in [7, 11) is 0. The van der Waals surface area contributed by atoms with Crippen molar-refractivity contribution in [2.24, 2.45) is 0 Å². The highest BCUT2D eigenvalue weighted by atomic mass is 79.9. The molecule has 0 fully saturated rings. The molecule has 0 aliphatic heterocycles. The lowest BCUT2D eigenvalue weighted by Crippen LogP contribution is -1.98. The Morgan fingerprint density at radius 1 is 1.29 bits per heavy atom. The van der Waals surface area contributed by atoms with E-state index in [1.807, 2.05) is 12.1 Å². The molecule has 0 atom stereocenters. The number of rotatable bonds is 1. The first-order valence-electron chi connectivity index (χ1n) is 5.48. The second-order valence-electron chi connectivity index (χ2n) is 4.06. The summed E-state index contributed by atoms with van der Waals surface area (Å²) >= 11 is 8.69. The summed E-state index contributed by atoms with van der Waals surface area (Å²) in [5, 5.41) is 0. The lowest BCUT2D eigenvalue weighted by Gasteiger charge is -2.04. The Balaban J connectivity index is 2.13. The van der Waals surface area contributed by atoms with Gasteiger partial charge < -0.3 is 4.98 Å². The highest BCUT2D eigenvalue weighted by molar-refractivity contribution is 9.10. The smallest absolute Gasteiger partial charge is 0.157 e. The highest BCUT2D eigenvalue weighted by Gasteiger charge is 2.15. The van der Waals surface area contributed by atoms with Gasteiger partial charge in [0.1, 0.15) is 10.3 Å². The first-order chi connectivity index (χ1) is 8.24. The molecule has 0 bridgehead atoms. The number of H-pyrrole nitrogens is 1. The molecule has 0 saturated heterocycles. The fourth-order valence-corrected chi connectivity index (χ4v) is 2.65. The summed E-state index contributed by atoms with van der Waals surface area (Å²) in [4.78, 5) is 12.1. The fourth-order valence-electron chi connectivity index (χ4n) is 2.09. The Kier molecular flexibility index (Phi) is 2.80. The van der Waals surface area contributed by atoms with Crippen molar-refractivity contribution in [3.05, 3.63) is 38.7 Å². The normalized spacial score (nSPS) is 13.7. The average molecular weight is 308 g/mol. The van der Waals surface area contributed by atoms with E-state index in [1.54, 1.807) is 6.20 Å². The molecular formula is C12H10BrN3S. The van der Waals surface area contributed by atoms with Crippen LogP contribution in [-0.2, 0) is 12.8 Å². The van der Waals surface area contributed by atoms with Crippen LogP contribution in [-0.4, -0.2) is 15.0 Å². The third-order valence-corrected chi connectivity index (χ3v) is 3.74. The number of fused-ring (bicyclic) bond motifs is 1. The van der Waals surface area contributed by atoms with Gasteiger partial charge in [0.25, 0.3) is 0 Å². The quantitative estimate of drug-likeness (QED) is 0.820. The molecule has 2 heterocycles. The van der Waals surface area contributed by atoms with Crippen molar-refractivity contribution in [2.45, 2.75) is 19.3 Å². The Bertz CT molecular complexity index is 619. The first-order valence-corrected chi connectivity index (χ1v) is 6.68. The van der Waals surface area contributed by atoms with E-state index in [4.69, 9.17) is 12.2 Å². The van der Waals surface area contributed by atoms with E-state index in [0.29, 0.717) is 0 Å². The van der Waals surface area contributed by atoms with Crippen molar-refractivity contribution < 1.29 is 0 Å². The molecule has 86 valence electrons. The van der Waals surface area contributed by atoms with E-state index in [9.17, 15) is 0 Å². The van der Waals surface area contributed by atoms with E-state index in [2.05, 4.69) is 30.9 Å². The Hall–Kier alpha value is -1.07. The standard InChI is InChI=1S/C12H10BrN3S/c13-7-4-5-10(14-6-7)11-15-9-3-1-2-8(9)12(17)16-11/h4-6H,1-3H2,(H,15,16,17). The largest absolute Gasteiger partial charge is 0.342 e. The van der Waals surface area contributed by atoms with E-state index in [-0.39, 0.29) is 0 Å². The Morgan fingerprint density at radius 3 is 2.94 bits per heavy atom. The van der Waals surface area contributed by atoms with Crippen LogP contribution < -0.4 is 0 Å². The molecule has 2 aromatic rings. The van der Waals surface area contributed by atoms with Gasteiger partial charge in [0.15, 0.2) is 5.82 Å². The second kappa shape index (κ2) is 4.31. The summed E-state index contributed by atoms with van der Waals surface area (Å²) in [5.41, 5.74) is 3.26. The maximum atomic E-state index is 5.32. The zero-order valence-corrected chi connectivity index (χ0v) is 11.4. The lowest BCUT2D eigenvalue weighted by atomic mass is 10.2. The summed E-state index contributed by atoms with van der Waals surface area (Å²) in [6.45, 7) is 0. The van der Waals surface area contributed by atoms with Crippen LogP contribution in [0, 0.1) is 4.64 Å². The first kappa shape index (κ1) is 11.0. The van der Waals surface area contributed by atoms with E-state index in [1.165, 1.54) is 11.3 Å². The van der Waals surface area contributed by atoms with Gasteiger partial charge in [0.05, 0.1) is 0 Å². The molecule has 1 aliphatic carbocycles. The van der Waals surface area contributed by atoms with Gasteiger partial charge in [-0.2, -0.15) is 0 Å². The molecular weight excluding hydrogens is 298 g/mol. The van der Waals surface area contributed by atoms with Crippen molar-refractivity contribution in [1.29, 1.82) is 0 Å². The molecule has 0 spiro atoms. The molecule has 0 saturated carbocycles. The minimum Gasteiger partial charge on any atom is -0.342 e. The third-order valence-electron chi connectivity index (χ3n) is 2.93. The molecule has 1 aliphatic rings. The topological polar surface area (TPSA) is 41.6 Å². The van der Waals surface area contributed by atoms with Crippen LogP contribution >= 0.6 is 28.1 Å². The number of aryl methyl sites for hydroxylation is 1. The van der Waals surface area contributed by atoms with E-state index < -0.39 is 0 Å². The van der Waals surface area contributed by atoms with Crippen LogP contribution in [0.3, 0.4) is 0 Å². The molecule has 0 radical (unpaired) electrons. The predicted molar refractivity (Wildman–Crippen MR) is 72.4 cm³/mol. The van der Waals surface area contributed by atoms with Crippen LogP contribution in [0.4, 0.5) is 0 Å². The monoisotopic (exact) mass is 307 g/mol. The van der Waals surface area contributed by atoms with Gasteiger partial charge in [-0.25, -0.2) is 4.98 Å². The summed E-state index contributed by atoms with van der Waals surface area (Å²) in [6.07, 6.45) is 5.03. The number of nitrogens with one attached hydrogen (secondary N) is 1. The van der Waals surface area contributed by atoms with Crippen molar-refractivity contribution in [2.75, 3.05) is 0 Å². The van der Waals surface area contributed by atoms with Crippen LogP contribution in [0.5, 0.6) is 0 Å². The number of hydrogen-bond donors (Lipinski definition) is 1. The Morgan fingerprint density at radius 2 is 2.18 bits per heavy atom. The highest BCUT2D eigenvalue weighted by Crippen LogP contribution is 2.23. The van der Waals surface area contributed by atoms with Gasteiger partial charge in [0, 0.05) is 21.9 Å². The van der Waals surface area contributed by atoms with E-state index >= 15 is 0 Å². The van der Waals surface area contributed by atoms with Crippen LogP contribution in [0.2, 0.25) is 0 Å². The number of hydrogen-bond acceptors (Lipinski definition) is 3. The van der Waals surface area contributed by atoms with Gasteiger partial charge in [-0.1, -0.05) is 12.2 Å². The molecule has 3 rings (SSSR count). The number of aromatic amines is 1. The number of aromatic nitrogens is 3. The van der Waals surface area contributed by atoms with Gasteiger partial charge >= 0.3 is 0 Å². The molecule has 5 heteroatoms. The predicted octanol–water partition coefficient (Wildman–Crippen LogP) is 3.45. The van der Waals surface area contributed by atoms with Crippen LogP contribution in [0.25, 0.3) is 11.5 Å². The van der Waals surface area contributed by atoms with E-state index in [0.717, 1.165) is 39.9 Å². The van der Waals surface area contributed by atoms with Gasteiger partial charge in [-0.15, -0.1) is 0 Å². The SMILES string of the molecule is S=c1nc(-c2ccc(Br)cn2)[nH]c2c1CCC2. The number of pyridine rings is 1. The molecule has 3 nitrogen and oxygen atoms in total. The number of halogens is 1. The summed E-state index contributed by atoms with van der Waals surface area (Å²) in [5.74, 6) is 0.767. The number of nitrogens with zero attached hydrogens (tertiary/aromatic N) is 2. The molecule has 17 heavy (non-hydrogen) atoms. The van der Waals surface area contributed by atoms with Gasteiger partial charge in [0.2, 0.25) is 0 Å². The maximum Gasteiger partial charge on any atom is 0.157 e. The zero-order chi connectivity index (χ0) is 11.8. The minimum atomic E-state index is 0.718. The Labute approximate surface area is 112 Å². The molecule has 0 amide bonds. The average Bonchev–Trinajstić information content (AvgIpc) is 2.78. The third kappa shape index (κ3) is 2.05. The zero-order valence-electron chi connectivity index (χ0n) is 9.03. The molecule has 0 unspecified atom stereocenters. The second-order valence-corrected chi connectivity index (χ2v) is 5.37. The summed E-state index contributed by atoms with van der Waals surface area (Å²) < 4.78 is 1.68. The molecule has 2 aromatic heterocycles. The van der Waals surface area contributed by atoms with Crippen LogP contribution in [0.15, 0.2) is 22.8 Å². The van der Waals surface area contributed by atoms with Crippen molar-refractivity contribution in [3.63, 3.8) is 0 Å². The lowest BCUT2D eigenvalue weighted by molar-refractivity contribution is 0.899. The van der Waals surface area contributed by atoms with Crippen molar-refractivity contribution >= 4 is 28.1 Å². The molecule has 1 N–H and O–H groups in total. The van der Waals surface area contributed by atoms with Crippen molar-refractivity contribution in [3.8, 4) is 11.5 Å². The van der Waals surface area contributed by atoms with Gasteiger partial charge in [-0.3, -0.25) is 4.98 Å². The fraction of sp³-hybridized carbons (Fsp3) is 0.250. The maximum absolute atomic E-state index is 5.32. The minimum absolute atomic E-state index is 0.718.